The molecule has 0 unspecified atom stereocenters. The summed E-state index contributed by atoms with van der Waals surface area (Å²) in [5.74, 6) is 0.983. The molecule has 2 rings (SSSR count). The quantitative estimate of drug-likeness (QED) is 0.593. The summed E-state index contributed by atoms with van der Waals surface area (Å²) in [6.45, 7) is 9.23. The monoisotopic (exact) mass is 386 g/mol. The normalized spacial score (nSPS) is 11.1. The number of unbranched alkanes of at least 4 members (excludes halogenated alkanes) is 1. The van der Waals surface area contributed by atoms with E-state index in [-0.39, 0.29) is 0 Å². The molecule has 6 heteroatoms. The number of carbonyl (C=O) groups is 1. The maximum Gasteiger partial charge on any atom is 0.413 e. The molecule has 0 bridgehead atoms. The Morgan fingerprint density at radius 2 is 1.82 bits per heavy atom. The molecule has 0 aliphatic heterocycles. The summed E-state index contributed by atoms with van der Waals surface area (Å²) < 4.78 is 16.7. The van der Waals surface area contributed by atoms with Gasteiger partial charge in [0.05, 0.1) is 12.3 Å². The molecule has 0 saturated carbocycles. The van der Waals surface area contributed by atoms with Crippen LogP contribution in [-0.4, -0.2) is 36.5 Å². The van der Waals surface area contributed by atoms with Gasteiger partial charge in [0, 0.05) is 24.3 Å². The van der Waals surface area contributed by atoms with E-state index < -0.39 is 11.7 Å². The molecule has 1 amide bonds. The summed E-state index contributed by atoms with van der Waals surface area (Å²) in [6, 6.07) is 13.3. The van der Waals surface area contributed by atoms with E-state index in [9.17, 15) is 4.79 Å². The molecular formula is C22H30N2O4. The van der Waals surface area contributed by atoms with E-state index in [4.69, 9.17) is 14.2 Å². The zero-order valence-corrected chi connectivity index (χ0v) is 17.2. The molecule has 1 aromatic carbocycles. The van der Waals surface area contributed by atoms with Crippen molar-refractivity contribution in [2.24, 2.45) is 0 Å². The van der Waals surface area contributed by atoms with Crippen molar-refractivity contribution in [1.82, 2.24) is 4.98 Å². The van der Waals surface area contributed by atoms with Gasteiger partial charge in [0.25, 0.3) is 0 Å². The third kappa shape index (κ3) is 7.96. The standard InChI is InChI=1S/C22H30N2O4/c1-5-6-12-26-13-14-27-18-15-19(17-10-8-7-9-11-17)23-20(16-18)24-21(25)28-22(2,3)4/h7-11,15-16H,5-6,12-14H2,1-4H3,(H,23,24,25). The van der Waals surface area contributed by atoms with Gasteiger partial charge in [0.15, 0.2) is 0 Å². The number of carbonyl (C=O) groups excluding carboxylic acids is 1. The number of aromatic nitrogens is 1. The first kappa shape index (κ1) is 21.7. The van der Waals surface area contributed by atoms with Crippen molar-refractivity contribution < 1.29 is 19.0 Å². The highest BCUT2D eigenvalue weighted by Gasteiger charge is 2.17. The summed E-state index contributed by atoms with van der Waals surface area (Å²) in [7, 11) is 0. The number of rotatable bonds is 9. The molecule has 152 valence electrons. The van der Waals surface area contributed by atoms with Crippen LogP contribution in [0.4, 0.5) is 10.6 Å². The van der Waals surface area contributed by atoms with Crippen LogP contribution in [-0.2, 0) is 9.47 Å². The molecule has 0 radical (unpaired) electrons. The van der Waals surface area contributed by atoms with Crippen LogP contribution in [0.3, 0.4) is 0 Å². The van der Waals surface area contributed by atoms with E-state index >= 15 is 0 Å². The number of pyridine rings is 1. The number of hydrogen-bond acceptors (Lipinski definition) is 5. The fourth-order valence-corrected chi connectivity index (χ4v) is 2.38. The predicted octanol–water partition coefficient (Wildman–Crippen LogP) is 5.29. The minimum atomic E-state index is -0.587. The highest BCUT2D eigenvalue weighted by atomic mass is 16.6. The van der Waals surface area contributed by atoms with Crippen molar-refractivity contribution in [1.29, 1.82) is 0 Å². The molecule has 2 aromatic rings. The molecular weight excluding hydrogens is 356 g/mol. The second-order valence-electron chi connectivity index (χ2n) is 7.38. The van der Waals surface area contributed by atoms with Gasteiger partial charge in [0.1, 0.15) is 23.8 Å². The molecule has 0 saturated heterocycles. The van der Waals surface area contributed by atoms with Crippen LogP contribution >= 0.6 is 0 Å². The lowest BCUT2D eigenvalue weighted by atomic mass is 10.1. The highest BCUT2D eigenvalue weighted by molar-refractivity contribution is 5.84. The zero-order valence-electron chi connectivity index (χ0n) is 17.2. The Morgan fingerprint density at radius 3 is 2.50 bits per heavy atom. The third-order valence-electron chi connectivity index (χ3n) is 3.64. The first-order valence-electron chi connectivity index (χ1n) is 9.65. The van der Waals surface area contributed by atoms with Gasteiger partial charge in [-0.2, -0.15) is 0 Å². The van der Waals surface area contributed by atoms with Crippen LogP contribution in [0, 0.1) is 0 Å². The summed E-state index contributed by atoms with van der Waals surface area (Å²) in [5.41, 5.74) is 1.05. The molecule has 0 atom stereocenters. The van der Waals surface area contributed by atoms with Gasteiger partial charge in [-0.1, -0.05) is 43.7 Å². The maximum absolute atomic E-state index is 12.1. The van der Waals surface area contributed by atoms with E-state index in [1.54, 1.807) is 6.07 Å². The molecule has 0 fully saturated rings. The smallest absolute Gasteiger partial charge is 0.413 e. The van der Waals surface area contributed by atoms with E-state index in [1.807, 2.05) is 57.2 Å². The Kier molecular flexibility index (Phi) is 8.26. The number of ether oxygens (including phenoxy) is 3. The van der Waals surface area contributed by atoms with Crippen LogP contribution in [0.15, 0.2) is 42.5 Å². The first-order chi connectivity index (χ1) is 13.4. The van der Waals surface area contributed by atoms with E-state index in [0.717, 1.165) is 25.0 Å². The Morgan fingerprint density at radius 1 is 1.07 bits per heavy atom. The largest absolute Gasteiger partial charge is 0.491 e. The fourth-order valence-electron chi connectivity index (χ4n) is 2.38. The van der Waals surface area contributed by atoms with Gasteiger partial charge in [0.2, 0.25) is 0 Å². The van der Waals surface area contributed by atoms with Gasteiger partial charge in [-0.05, 0) is 27.2 Å². The minimum Gasteiger partial charge on any atom is -0.491 e. The Bertz CT molecular complexity index is 742. The molecule has 1 aromatic heterocycles. The molecule has 28 heavy (non-hydrogen) atoms. The average molecular weight is 386 g/mol. The number of anilines is 1. The fraction of sp³-hybridized carbons (Fsp3) is 0.455. The van der Waals surface area contributed by atoms with Crippen LogP contribution in [0.25, 0.3) is 11.3 Å². The topological polar surface area (TPSA) is 69.7 Å². The van der Waals surface area contributed by atoms with Crippen molar-refractivity contribution >= 4 is 11.9 Å². The zero-order chi connectivity index (χ0) is 20.4. The lowest BCUT2D eigenvalue weighted by Gasteiger charge is -2.19. The lowest BCUT2D eigenvalue weighted by molar-refractivity contribution is 0.0635. The van der Waals surface area contributed by atoms with Crippen LogP contribution < -0.4 is 10.1 Å². The van der Waals surface area contributed by atoms with Crippen molar-refractivity contribution in [2.45, 2.75) is 46.1 Å². The number of nitrogens with zero attached hydrogens (tertiary/aromatic N) is 1. The van der Waals surface area contributed by atoms with Crippen molar-refractivity contribution in [3.8, 4) is 17.0 Å². The second-order valence-corrected chi connectivity index (χ2v) is 7.38. The van der Waals surface area contributed by atoms with Gasteiger partial charge in [-0.25, -0.2) is 9.78 Å². The van der Waals surface area contributed by atoms with Gasteiger partial charge in [-0.15, -0.1) is 0 Å². The average Bonchev–Trinajstić information content (AvgIpc) is 2.63. The van der Waals surface area contributed by atoms with Gasteiger partial charge >= 0.3 is 6.09 Å². The third-order valence-corrected chi connectivity index (χ3v) is 3.64. The Labute approximate surface area is 167 Å². The highest BCUT2D eigenvalue weighted by Crippen LogP contribution is 2.25. The molecule has 0 aliphatic carbocycles. The summed E-state index contributed by atoms with van der Waals surface area (Å²) >= 11 is 0. The molecule has 0 spiro atoms. The molecule has 1 N–H and O–H groups in total. The number of benzene rings is 1. The Balaban J connectivity index is 2.11. The van der Waals surface area contributed by atoms with Gasteiger partial charge in [-0.3, -0.25) is 5.32 Å². The van der Waals surface area contributed by atoms with E-state index in [1.165, 1.54) is 0 Å². The van der Waals surface area contributed by atoms with Crippen LogP contribution in [0.1, 0.15) is 40.5 Å². The summed E-state index contributed by atoms with van der Waals surface area (Å²) in [6.07, 6.45) is 1.59. The number of hydrogen-bond donors (Lipinski definition) is 1. The maximum atomic E-state index is 12.1. The number of amides is 1. The van der Waals surface area contributed by atoms with Crippen molar-refractivity contribution in [3.63, 3.8) is 0 Å². The van der Waals surface area contributed by atoms with Crippen molar-refractivity contribution in [3.05, 3.63) is 42.5 Å². The van der Waals surface area contributed by atoms with Crippen molar-refractivity contribution in [2.75, 3.05) is 25.1 Å². The summed E-state index contributed by atoms with van der Waals surface area (Å²) in [5, 5.41) is 2.68. The predicted molar refractivity (Wildman–Crippen MR) is 111 cm³/mol. The second kappa shape index (κ2) is 10.7. The number of nitrogens with one attached hydrogen (secondary N) is 1. The van der Waals surface area contributed by atoms with Crippen LogP contribution in [0.5, 0.6) is 5.75 Å². The first-order valence-corrected chi connectivity index (χ1v) is 9.65. The Hall–Kier alpha value is -2.60. The molecule has 0 aliphatic rings. The lowest BCUT2D eigenvalue weighted by Crippen LogP contribution is -2.27. The SMILES string of the molecule is CCCCOCCOc1cc(NC(=O)OC(C)(C)C)nc(-c2ccccc2)c1. The molecule has 1 heterocycles. The van der Waals surface area contributed by atoms with E-state index in [2.05, 4.69) is 17.2 Å². The van der Waals surface area contributed by atoms with Crippen LogP contribution in [0.2, 0.25) is 0 Å². The molecule has 6 nitrogen and oxygen atoms in total. The minimum absolute atomic E-state index is 0.373. The van der Waals surface area contributed by atoms with Gasteiger partial charge < -0.3 is 14.2 Å². The van der Waals surface area contributed by atoms with E-state index in [0.29, 0.717) is 30.5 Å². The summed E-state index contributed by atoms with van der Waals surface area (Å²) in [4.78, 5) is 16.6.